The summed E-state index contributed by atoms with van der Waals surface area (Å²) in [4.78, 5) is 27.1. The second-order valence-electron chi connectivity index (χ2n) is 4.58. The lowest BCUT2D eigenvalue weighted by Gasteiger charge is -2.00. The smallest absolute Gasteiger partial charge is 0.280 e. The summed E-state index contributed by atoms with van der Waals surface area (Å²) in [5.41, 5.74) is 1.91. The Morgan fingerprint density at radius 2 is 1.95 bits per heavy atom. The van der Waals surface area contributed by atoms with Gasteiger partial charge < -0.3 is 0 Å². The van der Waals surface area contributed by atoms with E-state index >= 15 is 0 Å². The van der Waals surface area contributed by atoms with Crippen molar-refractivity contribution in [1.82, 2.24) is 14.8 Å². The number of hydrogen-bond acceptors (Lipinski definition) is 4. The number of H-pyrrole nitrogens is 1. The van der Waals surface area contributed by atoms with Crippen LogP contribution in [-0.4, -0.2) is 21.1 Å². The zero-order valence-electron chi connectivity index (χ0n) is 11.4. The van der Waals surface area contributed by atoms with E-state index in [1.54, 1.807) is 42.6 Å². The largest absolute Gasteiger partial charge is 0.298 e. The van der Waals surface area contributed by atoms with E-state index in [4.69, 9.17) is 5.26 Å². The first-order valence-corrected chi connectivity index (χ1v) is 6.45. The molecular weight excluding hydrogens is 280 g/mol. The predicted octanol–water partition coefficient (Wildman–Crippen LogP) is 1.91. The molecule has 106 valence electrons. The third-order valence-electron chi connectivity index (χ3n) is 3.23. The van der Waals surface area contributed by atoms with Crippen molar-refractivity contribution in [2.24, 2.45) is 0 Å². The molecule has 3 rings (SSSR count). The first-order valence-electron chi connectivity index (χ1n) is 6.45. The van der Waals surface area contributed by atoms with Gasteiger partial charge in [-0.3, -0.25) is 14.7 Å². The number of aromatic nitrogens is 3. The van der Waals surface area contributed by atoms with Crippen LogP contribution in [-0.2, 0) is 0 Å². The van der Waals surface area contributed by atoms with E-state index in [0.29, 0.717) is 34.4 Å². The van der Waals surface area contributed by atoms with Gasteiger partial charge in [0.1, 0.15) is 0 Å². The van der Waals surface area contributed by atoms with E-state index in [1.807, 2.05) is 6.07 Å². The third kappa shape index (κ3) is 2.31. The topological polar surface area (TPSA) is 91.5 Å². The normalized spacial score (nSPS) is 10.1. The molecule has 0 saturated carbocycles. The van der Waals surface area contributed by atoms with Crippen LogP contribution in [0.5, 0.6) is 0 Å². The number of aldehydes is 1. The summed E-state index contributed by atoms with van der Waals surface area (Å²) >= 11 is 0. The number of aromatic amines is 1. The van der Waals surface area contributed by atoms with Crippen LogP contribution in [0.3, 0.4) is 0 Å². The second kappa shape index (κ2) is 5.50. The van der Waals surface area contributed by atoms with Crippen LogP contribution in [0.1, 0.15) is 15.9 Å². The molecule has 0 atom stereocenters. The number of benzene rings is 1. The molecule has 2 aromatic heterocycles. The zero-order valence-corrected chi connectivity index (χ0v) is 11.4. The highest BCUT2D eigenvalue weighted by Gasteiger charge is 2.10. The Hall–Kier alpha value is -3.46. The molecule has 0 saturated heterocycles. The third-order valence-corrected chi connectivity index (χ3v) is 3.23. The van der Waals surface area contributed by atoms with Crippen molar-refractivity contribution in [2.75, 3.05) is 0 Å². The molecule has 0 aliphatic carbocycles. The predicted molar refractivity (Wildman–Crippen MR) is 79.7 cm³/mol. The molecule has 2 heterocycles. The lowest BCUT2D eigenvalue weighted by atomic mass is 10.1. The van der Waals surface area contributed by atoms with E-state index in [0.717, 1.165) is 0 Å². The Morgan fingerprint density at radius 3 is 2.55 bits per heavy atom. The number of carbonyl (C=O) groups excluding carboxylic acids is 1. The first-order chi connectivity index (χ1) is 10.7. The first kappa shape index (κ1) is 13.5. The summed E-state index contributed by atoms with van der Waals surface area (Å²) in [6.45, 7) is 0. The summed E-state index contributed by atoms with van der Waals surface area (Å²) in [5.74, 6) is 0.399. The monoisotopic (exact) mass is 290 g/mol. The zero-order chi connectivity index (χ0) is 15.5. The van der Waals surface area contributed by atoms with Crippen molar-refractivity contribution in [1.29, 1.82) is 5.26 Å². The summed E-state index contributed by atoms with van der Waals surface area (Å²) in [6, 6.07) is 12.0. The highest BCUT2D eigenvalue weighted by molar-refractivity contribution is 5.74. The van der Waals surface area contributed by atoms with Gasteiger partial charge in [0.15, 0.2) is 12.1 Å². The molecule has 0 radical (unpaired) electrons. The van der Waals surface area contributed by atoms with Crippen LogP contribution in [0.15, 0.2) is 53.6 Å². The Bertz CT molecular complexity index is 913. The molecule has 0 fully saturated rings. The summed E-state index contributed by atoms with van der Waals surface area (Å²) in [6.07, 6.45) is 3.67. The Labute approximate surface area is 125 Å². The van der Waals surface area contributed by atoms with Gasteiger partial charge in [-0.2, -0.15) is 5.26 Å². The number of carbonyl (C=O) groups is 1. The van der Waals surface area contributed by atoms with Crippen LogP contribution in [0.2, 0.25) is 0 Å². The molecule has 1 N–H and O–H groups in total. The average molecular weight is 290 g/mol. The number of nitrogens with one attached hydrogen (secondary N) is 1. The fourth-order valence-corrected chi connectivity index (χ4v) is 2.07. The maximum absolute atomic E-state index is 12.4. The van der Waals surface area contributed by atoms with Gasteiger partial charge in [0.2, 0.25) is 0 Å². The maximum atomic E-state index is 12.4. The molecule has 6 nitrogen and oxygen atoms in total. The van der Waals surface area contributed by atoms with Crippen LogP contribution in [0, 0.1) is 11.3 Å². The fourth-order valence-electron chi connectivity index (χ4n) is 2.07. The van der Waals surface area contributed by atoms with Crippen LogP contribution in [0.4, 0.5) is 0 Å². The molecule has 6 heteroatoms. The SMILES string of the molecule is N#Cc1ccc(-c2c[nH]n(-c3ccc(C=O)cn3)c2=O)cc1. The number of pyridine rings is 1. The van der Waals surface area contributed by atoms with Crippen molar-refractivity contribution in [2.45, 2.75) is 0 Å². The van der Waals surface area contributed by atoms with Crippen molar-refractivity contribution in [3.05, 3.63) is 70.3 Å². The second-order valence-corrected chi connectivity index (χ2v) is 4.58. The van der Waals surface area contributed by atoms with Crippen molar-refractivity contribution in [3.8, 4) is 23.0 Å². The van der Waals surface area contributed by atoms with Gasteiger partial charge in [-0.1, -0.05) is 12.1 Å². The molecule has 0 bridgehead atoms. The fraction of sp³-hybridized carbons (Fsp3) is 0. The molecular formula is C16H10N4O2. The van der Waals surface area contributed by atoms with Gasteiger partial charge in [0.05, 0.1) is 17.2 Å². The minimum atomic E-state index is -0.254. The van der Waals surface area contributed by atoms with Crippen molar-refractivity contribution >= 4 is 6.29 Å². The highest BCUT2D eigenvalue weighted by atomic mass is 16.1. The van der Waals surface area contributed by atoms with Gasteiger partial charge in [-0.15, -0.1) is 0 Å². The Kier molecular flexibility index (Phi) is 3.38. The number of rotatable bonds is 3. The van der Waals surface area contributed by atoms with Gasteiger partial charge in [0.25, 0.3) is 5.56 Å². The molecule has 22 heavy (non-hydrogen) atoms. The van der Waals surface area contributed by atoms with E-state index in [2.05, 4.69) is 10.1 Å². The molecule has 0 aliphatic rings. The summed E-state index contributed by atoms with van der Waals surface area (Å²) in [7, 11) is 0. The summed E-state index contributed by atoms with van der Waals surface area (Å²) < 4.78 is 1.29. The van der Waals surface area contributed by atoms with Crippen LogP contribution in [0.25, 0.3) is 16.9 Å². The lowest BCUT2D eigenvalue weighted by molar-refractivity contribution is 0.112. The molecule has 0 amide bonds. The Morgan fingerprint density at radius 1 is 1.18 bits per heavy atom. The summed E-state index contributed by atoms with van der Waals surface area (Å²) in [5, 5.41) is 11.6. The minimum Gasteiger partial charge on any atom is -0.298 e. The molecule has 0 spiro atoms. The minimum absolute atomic E-state index is 0.254. The van der Waals surface area contributed by atoms with E-state index in [1.165, 1.54) is 10.9 Å². The van der Waals surface area contributed by atoms with Gasteiger partial charge >= 0.3 is 0 Å². The molecule has 3 aromatic rings. The molecule has 0 aliphatic heterocycles. The number of nitriles is 1. The molecule has 1 aromatic carbocycles. The quantitative estimate of drug-likeness (QED) is 0.746. The van der Waals surface area contributed by atoms with Gasteiger partial charge in [-0.05, 0) is 29.8 Å². The van der Waals surface area contributed by atoms with Crippen molar-refractivity contribution in [3.63, 3.8) is 0 Å². The van der Waals surface area contributed by atoms with Gasteiger partial charge in [-0.25, -0.2) is 9.67 Å². The lowest BCUT2D eigenvalue weighted by Crippen LogP contribution is -2.16. The molecule has 0 unspecified atom stereocenters. The van der Waals surface area contributed by atoms with E-state index in [9.17, 15) is 9.59 Å². The Balaban J connectivity index is 2.02. The maximum Gasteiger partial charge on any atom is 0.280 e. The average Bonchev–Trinajstić information content (AvgIpc) is 2.96. The standard InChI is InChI=1S/C16H10N4O2/c17-7-11-1-4-13(5-2-11)14-9-19-20(16(14)22)15-6-3-12(10-21)8-18-15/h1-6,8-10,19H. The van der Waals surface area contributed by atoms with Crippen LogP contribution < -0.4 is 5.56 Å². The highest BCUT2D eigenvalue weighted by Crippen LogP contribution is 2.16. The number of hydrogen-bond donors (Lipinski definition) is 1. The number of nitrogens with zero attached hydrogens (tertiary/aromatic N) is 3. The van der Waals surface area contributed by atoms with E-state index in [-0.39, 0.29) is 5.56 Å². The van der Waals surface area contributed by atoms with Gasteiger partial charge in [0, 0.05) is 18.0 Å². The van der Waals surface area contributed by atoms with Crippen LogP contribution >= 0.6 is 0 Å². The van der Waals surface area contributed by atoms with Crippen molar-refractivity contribution < 1.29 is 4.79 Å². The van der Waals surface area contributed by atoms with E-state index < -0.39 is 0 Å².